The van der Waals surface area contributed by atoms with E-state index in [4.69, 9.17) is 23.2 Å². The summed E-state index contributed by atoms with van der Waals surface area (Å²) >= 11 is 12.4. The summed E-state index contributed by atoms with van der Waals surface area (Å²) in [5.41, 5.74) is 1.12. The van der Waals surface area contributed by atoms with E-state index in [1.807, 2.05) is 18.2 Å². The van der Waals surface area contributed by atoms with Crippen molar-refractivity contribution in [1.29, 1.82) is 0 Å². The Balaban J connectivity index is 1.79. The maximum Gasteiger partial charge on any atom is 0.223 e. The maximum absolute atomic E-state index is 12.5. The third-order valence-electron chi connectivity index (χ3n) is 4.87. The van der Waals surface area contributed by atoms with Crippen molar-refractivity contribution in [2.45, 2.75) is 33.2 Å². The molecule has 1 heterocycles. The van der Waals surface area contributed by atoms with E-state index in [2.05, 4.69) is 43.1 Å². The van der Waals surface area contributed by atoms with Crippen LogP contribution in [0.15, 0.2) is 18.2 Å². The van der Waals surface area contributed by atoms with Gasteiger partial charge in [-0.3, -0.25) is 9.69 Å². The monoisotopic (exact) mass is 399 g/mol. The zero-order valence-corrected chi connectivity index (χ0v) is 17.8. The van der Waals surface area contributed by atoms with Crippen LogP contribution in [0.4, 0.5) is 0 Å². The average Bonchev–Trinajstić information content (AvgIpc) is 2.56. The van der Waals surface area contributed by atoms with Crippen molar-refractivity contribution in [1.82, 2.24) is 15.1 Å². The second-order valence-corrected chi connectivity index (χ2v) is 9.17. The summed E-state index contributed by atoms with van der Waals surface area (Å²) in [5, 5.41) is 4.39. The van der Waals surface area contributed by atoms with Crippen LogP contribution in [0.1, 0.15) is 32.3 Å². The lowest BCUT2D eigenvalue weighted by atomic mass is 9.91. The van der Waals surface area contributed by atoms with Crippen LogP contribution in [-0.4, -0.2) is 56.0 Å². The van der Waals surface area contributed by atoms with Crippen LogP contribution >= 0.6 is 23.2 Å². The van der Waals surface area contributed by atoms with E-state index in [0.717, 1.165) is 44.6 Å². The molecule has 0 bridgehead atoms. The highest BCUT2D eigenvalue weighted by molar-refractivity contribution is 6.42. The van der Waals surface area contributed by atoms with E-state index < -0.39 is 0 Å². The molecule has 1 aromatic rings. The zero-order chi connectivity index (χ0) is 19.3. The predicted molar refractivity (Wildman–Crippen MR) is 110 cm³/mol. The molecule has 0 spiro atoms. The van der Waals surface area contributed by atoms with Crippen LogP contribution in [0.3, 0.4) is 0 Å². The van der Waals surface area contributed by atoms with Crippen LogP contribution in [0.5, 0.6) is 0 Å². The highest BCUT2D eigenvalue weighted by Gasteiger charge is 2.27. The van der Waals surface area contributed by atoms with Crippen molar-refractivity contribution < 1.29 is 4.79 Å². The molecule has 0 radical (unpaired) electrons. The summed E-state index contributed by atoms with van der Waals surface area (Å²) in [5.74, 6) is 0.300. The van der Waals surface area contributed by atoms with Crippen LogP contribution in [0.25, 0.3) is 0 Å². The van der Waals surface area contributed by atoms with Gasteiger partial charge in [-0.1, -0.05) is 49.2 Å². The molecular weight excluding hydrogens is 369 g/mol. The van der Waals surface area contributed by atoms with E-state index in [0.29, 0.717) is 16.6 Å². The minimum Gasteiger partial charge on any atom is -0.355 e. The van der Waals surface area contributed by atoms with E-state index in [9.17, 15) is 4.79 Å². The fourth-order valence-electron chi connectivity index (χ4n) is 3.65. The second-order valence-electron chi connectivity index (χ2n) is 8.38. The van der Waals surface area contributed by atoms with Gasteiger partial charge < -0.3 is 10.2 Å². The molecule has 2 rings (SSSR count). The molecule has 0 aromatic heterocycles. The third-order valence-corrected chi connectivity index (χ3v) is 5.73. The number of likely N-dealkylation sites (tertiary alicyclic amines) is 1. The highest BCUT2D eigenvalue weighted by Crippen LogP contribution is 2.28. The summed E-state index contributed by atoms with van der Waals surface area (Å²) in [6.45, 7) is 8.62. The van der Waals surface area contributed by atoms with Gasteiger partial charge in [-0.25, -0.2) is 0 Å². The van der Waals surface area contributed by atoms with Gasteiger partial charge in [0.05, 0.1) is 10.0 Å². The first-order valence-corrected chi connectivity index (χ1v) is 10.0. The summed E-state index contributed by atoms with van der Waals surface area (Å²) in [6, 6.07) is 5.75. The fourth-order valence-corrected chi connectivity index (χ4v) is 4.03. The standard InChI is InChI=1S/C20H31Cl2N3O/c1-20(2,14-24(3)4)13-23-19(26)15-8-10-25(11-9-15)12-16-6-5-7-17(21)18(16)22/h5-7,15H,8-14H2,1-4H3,(H,23,26). The average molecular weight is 400 g/mol. The van der Waals surface area contributed by atoms with Crippen LogP contribution in [0.2, 0.25) is 10.0 Å². The molecule has 1 aliphatic rings. The number of piperidine rings is 1. The highest BCUT2D eigenvalue weighted by atomic mass is 35.5. The smallest absolute Gasteiger partial charge is 0.223 e. The second kappa shape index (κ2) is 9.41. The Morgan fingerprint density at radius 1 is 1.27 bits per heavy atom. The number of carbonyl (C=O) groups is 1. The SMILES string of the molecule is CN(C)CC(C)(C)CNC(=O)C1CCN(Cc2cccc(Cl)c2Cl)CC1. The van der Waals surface area contributed by atoms with Gasteiger partial charge in [-0.15, -0.1) is 0 Å². The minimum atomic E-state index is 0.0726. The number of rotatable bonds is 7. The molecule has 0 saturated carbocycles. The van der Waals surface area contributed by atoms with Crippen molar-refractivity contribution in [3.63, 3.8) is 0 Å². The normalized spacial score (nSPS) is 16.9. The van der Waals surface area contributed by atoms with E-state index in [1.54, 1.807) is 0 Å². The number of amides is 1. The first kappa shape index (κ1) is 21.5. The Morgan fingerprint density at radius 3 is 2.54 bits per heavy atom. The lowest BCUT2D eigenvalue weighted by molar-refractivity contribution is -0.127. The van der Waals surface area contributed by atoms with Crippen molar-refractivity contribution in [3.8, 4) is 0 Å². The topological polar surface area (TPSA) is 35.6 Å². The predicted octanol–water partition coefficient (Wildman–Crippen LogP) is 3.91. The molecule has 4 nitrogen and oxygen atoms in total. The van der Waals surface area contributed by atoms with Gasteiger partial charge in [0, 0.05) is 25.6 Å². The number of nitrogens with one attached hydrogen (secondary N) is 1. The molecule has 1 amide bonds. The van der Waals surface area contributed by atoms with Crippen molar-refractivity contribution >= 4 is 29.1 Å². The zero-order valence-electron chi connectivity index (χ0n) is 16.3. The number of halogens is 2. The molecule has 0 atom stereocenters. The number of hydrogen-bond donors (Lipinski definition) is 1. The van der Waals surface area contributed by atoms with Gasteiger partial charge in [-0.2, -0.15) is 0 Å². The molecule has 6 heteroatoms. The Kier molecular flexibility index (Phi) is 7.77. The molecule has 1 fully saturated rings. The van der Waals surface area contributed by atoms with Gasteiger partial charge in [0.1, 0.15) is 0 Å². The molecule has 146 valence electrons. The van der Waals surface area contributed by atoms with Gasteiger partial charge in [0.25, 0.3) is 0 Å². The lowest BCUT2D eigenvalue weighted by Gasteiger charge is -2.33. The van der Waals surface area contributed by atoms with Crippen molar-refractivity contribution in [2.75, 3.05) is 40.3 Å². The van der Waals surface area contributed by atoms with E-state index in [-0.39, 0.29) is 17.2 Å². The van der Waals surface area contributed by atoms with Gasteiger partial charge in [-0.05, 0) is 57.1 Å². The Morgan fingerprint density at radius 2 is 1.92 bits per heavy atom. The molecule has 26 heavy (non-hydrogen) atoms. The van der Waals surface area contributed by atoms with Crippen LogP contribution in [-0.2, 0) is 11.3 Å². The first-order valence-electron chi connectivity index (χ1n) is 9.25. The molecule has 1 aromatic carbocycles. The summed E-state index contributed by atoms with van der Waals surface area (Å²) in [7, 11) is 4.12. The molecule has 0 aliphatic carbocycles. The fraction of sp³-hybridized carbons (Fsp3) is 0.650. The lowest BCUT2D eigenvalue weighted by Crippen LogP contribution is -2.44. The largest absolute Gasteiger partial charge is 0.355 e. The Hall–Kier alpha value is -0.810. The molecule has 1 saturated heterocycles. The quantitative estimate of drug-likeness (QED) is 0.754. The maximum atomic E-state index is 12.5. The molecule has 1 N–H and O–H groups in total. The molecule has 0 unspecified atom stereocenters. The van der Waals surface area contributed by atoms with E-state index in [1.165, 1.54) is 0 Å². The number of hydrogen-bond acceptors (Lipinski definition) is 3. The Bertz CT molecular complexity index is 611. The minimum absolute atomic E-state index is 0.0726. The van der Waals surface area contributed by atoms with Crippen LogP contribution < -0.4 is 5.32 Å². The van der Waals surface area contributed by atoms with Crippen molar-refractivity contribution in [3.05, 3.63) is 33.8 Å². The van der Waals surface area contributed by atoms with Gasteiger partial charge in [0.2, 0.25) is 5.91 Å². The van der Waals surface area contributed by atoms with E-state index >= 15 is 0 Å². The van der Waals surface area contributed by atoms with Gasteiger partial charge in [0.15, 0.2) is 0 Å². The number of carbonyl (C=O) groups excluding carboxylic acids is 1. The summed E-state index contributed by atoms with van der Waals surface area (Å²) < 4.78 is 0. The first-order chi connectivity index (χ1) is 12.2. The van der Waals surface area contributed by atoms with Crippen molar-refractivity contribution in [2.24, 2.45) is 11.3 Å². The summed E-state index contributed by atoms with van der Waals surface area (Å²) in [4.78, 5) is 17.0. The molecular formula is C20H31Cl2N3O. The third kappa shape index (κ3) is 6.41. The molecule has 1 aliphatic heterocycles. The van der Waals surface area contributed by atoms with Gasteiger partial charge >= 0.3 is 0 Å². The number of benzene rings is 1. The van der Waals surface area contributed by atoms with Crippen LogP contribution in [0, 0.1) is 11.3 Å². The summed E-state index contributed by atoms with van der Waals surface area (Å²) in [6.07, 6.45) is 1.77. The number of nitrogens with zero attached hydrogens (tertiary/aromatic N) is 2. The Labute approximate surface area is 167 Å².